The summed E-state index contributed by atoms with van der Waals surface area (Å²) in [7, 11) is 0. The van der Waals surface area contributed by atoms with Gasteiger partial charge in [-0.1, -0.05) is 27.7 Å². The van der Waals surface area contributed by atoms with Crippen LogP contribution >= 0.6 is 11.3 Å². The molecule has 1 fully saturated rings. The first-order chi connectivity index (χ1) is 8.32. The van der Waals surface area contributed by atoms with Gasteiger partial charge in [0.05, 0.1) is 11.2 Å². The molecule has 1 aromatic heterocycles. The number of rotatable bonds is 2. The molecule has 2 heterocycles. The maximum absolute atomic E-state index is 4.34. The molecule has 1 aliphatic rings. The molecular formula is C15H26N2S. The first-order valence-corrected chi connectivity index (χ1v) is 7.81. The van der Waals surface area contributed by atoms with E-state index in [9.17, 15) is 0 Å². The van der Waals surface area contributed by atoms with Crippen molar-refractivity contribution in [1.82, 2.24) is 9.88 Å². The lowest BCUT2D eigenvalue weighted by Gasteiger charge is -2.47. The van der Waals surface area contributed by atoms with Gasteiger partial charge in [-0.2, -0.15) is 0 Å². The van der Waals surface area contributed by atoms with Crippen LogP contribution in [0.3, 0.4) is 0 Å². The minimum Gasteiger partial charge on any atom is -0.298 e. The zero-order chi connectivity index (χ0) is 13.4. The van der Waals surface area contributed by atoms with Crippen LogP contribution < -0.4 is 0 Å². The molecule has 0 radical (unpaired) electrons. The second kappa shape index (κ2) is 4.93. The second-order valence-corrected chi connectivity index (χ2v) is 7.89. The number of thiazole rings is 1. The van der Waals surface area contributed by atoms with Gasteiger partial charge in [0.1, 0.15) is 0 Å². The Hall–Kier alpha value is -0.410. The Kier molecular flexibility index (Phi) is 3.84. The summed E-state index contributed by atoms with van der Waals surface area (Å²) in [6, 6.07) is 0. The molecular weight excluding hydrogens is 240 g/mol. The van der Waals surface area contributed by atoms with Crippen LogP contribution in [-0.4, -0.2) is 23.0 Å². The zero-order valence-corrected chi connectivity index (χ0v) is 13.2. The molecule has 18 heavy (non-hydrogen) atoms. The normalized spacial score (nSPS) is 21.2. The monoisotopic (exact) mass is 266 g/mol. The highest BCUT2D eigenvalue weighted by molar-refractivity contribution is 7.09. The van der Waals surface area contributed by atoms with Crippen molar-refractivity contribution in [2.45, 2.75) is 54.0 Å². The molecule has 0 aromatic carbocycles. The fraction of sp³-hybridized carbons (Fsp3) is 0.800. The van der Waals surface area contributed by atoms with E-state index in [1.165, 1.54) is 36.5 Å². The molecule has 0 N–H and O–H groups in total. The van der Waals surface area contributed by atoms with E-state index < -0.39 is 0 Å². The van der Waals surface area contributed by atoms with E-state index in [0.717, 1.165) is 6.54 Å². The van der Waals surface area contributed by atoms with Gasteiger partial charge in [0.2, 0.25) is 0 Å². The predicted molar refractivity (Wildman–Crippen MR) is 78.9 cm³/mol. The van der Waals surface area contributed by atoms with Gasteiger partial charge in [-0.3, -0.25) is 4.90 Å². The quantitative estimate of drug-likeness (QED) is 0.801. The number of nitrogens with zero attached hydrogens (tertiary/aromatic N) is 2. The molecule has 1 aliphatic heterocycles. The fourth-order valence-corrected chi connectivity index (χ4v) is 3.45. The van der Waals surface area contributed by atoms with Crippen molar-refractivity contribution in [1.29, 1.82) is 0 Å². The van der Waals surface area contributed by atoms with Crippen LogP contribution in [0.4, 0.5) is 0 Å². The minimum atomic E-state index is 0.416. The lowest BCUT2D eigenvalue weighted by atomic mass is 9.63. The molecule has 0 unspecified atom stereocenters. The standard InChI is InChI=1S/C15H26N2S/c1-12-13(18-11-16-12)10-17-8-6-15(5,7-9-17)14(2,3)4/h11H,6-10H2,1-5H3. The van der Waals surface area contributed by atoms with Crippen LogP contribution in [0.1, 0.15) is 51.1 Å². The number of aryl methyl sites for hydroxylation is 1. The molecule has 1 saturated heterocycles. The van der Waals surface area contributed by atoms with Gasteiger partial charge in [0.15, 0.2) is 0 Å². The number of hydrogen-bond donors (Lipinski definition) is 0. The minimum absolute atomic E-state index is 0.416. The Morgan fingerprint density at radius 2 is 1.94 bits per heavy atom. The van der Waals surface area contributed by atoms with Crippen LogP contribution in [0.25, 0.3) is 0 Å². The van der Waals surface area contributed by atoms with Gasteiger partial charge < -0.3 is 0 Å². The maximum atomic E-state index is 4.34. The topological polar surface area (TPSA) is 16.1 Å². The van der Waals surface area contributed by atoms with Crippen LogP contribution in [0.5, 0.6) is 0 Å². The summed E-state index contributed by atoms with van der Waals surface area (Å²) in [6.45, 7) is 15.3. The Morgan fingerprint density at radius 3 is 2.39 bits per heavy atom. The van der Waals surface area contributed by atoms with Crippen molar-refractivity contribution in [3.63, 3.8) is 0 Å². The summed E-state index contributed by atoms with van der Waals surface area (Å²) in [5.41, 5.74) is 4.09. The lowest BCUT2D eigenvalue weighted by Crippen LogP contribution is -2.44. The van der Waals surface area contributed by atoms with Gasteiger partial charge in [0.25, 0.3) is 0 Å². The number of piperidine rings is 1. The molecule has 0 saturated carbocycles. The third-order valence-corrected chi connectivity index (χ3v) is 5.90. The van der Waals surface area contributed by atoms with E-state index >= 15 is 0 Å². The van der Waals surface area contributed by atoms with Gasteiger partial charge in [0, 0.05) is 11.4 Å². The predicted octanol–water partition coefficient (Wildman–Crippen LogP) is 4.10. The van der Waals surface area contributed by atoms with Crippen molar-refractivity contribution in [3.8, 4) is 0 Å². The van der Waals surface area contributed by atoms with Crippen LogP contribution in [0.2, 0.25) is 0 Å². The Balaban J connectivity index is 1.93. The van der Waals surface area contributed by atoms with Crippen molar-refractivity contribution >= 4 is 11.3 Å². The molecule has 0 atom stereocenters. The van der Waals surface area contributed by atoms with Crippen LogP contribution in [0, 0.1) is 17.8 Å². The number of likely N-dealkylation sites (tertiary alicyclic amines) is 1. The van der Waals surface area contributed by atoms with E-state index in [4.69, 9.17) is 0 Å². The molecule has 1 aromatic rings. The van der Waals surface area contributed by atoms with E-state index in [0.29, 0.717) is 10.8 Å². The summed E-state index contributed by atoms with van der Waals surface area (Å²) < 4.78 is 0. The molecule has 2 rings (SSSR count). The number of hydrogen-bond acceptors (Lipinski definition) is 3. The molecule has 0 bridgehead atoms. The Morgan fingerprint density at radius 1 is 1.33 bits per heavy atom. The molecule has 0 spiro atoms. The van der Waals surface area contributed by atoms with E-state index in [1.807, 2.05) is 5.51 Å². The molecule has 0 amide bonds. The van der Waals surface area contributed by atoms with Crippen molar-refractivity contribution in [2.75, 3.05) is 13.1 Å². The van der Waals surface area contributed by atoms with Crippen molar-refractivity contribution in [3.05, 3.63) is 16.1 Å². The summed E-state index contributed by atoms with van der Waals surface area (Å²) in [5.74, 6) is 0. The average Bonchev–Trinajstić information content (AvgIpc) is 2.66. The van der Waals surface area contributed by atoms with E-state index in [2.05, 4.69) is 44.5 Å². The lowest BCUT2D eigenvalue weighted by molar-refractivity contribution is 0.0200. The third-order valence-electron chi connectivity index (χ3n) is 4.98. The highest BCUT2D eigenvalue weighted by Gasteiger charge is 2.39. The van der Waals surface area contributed by atoms with E-state index in [-0.39, 0.29) is 0 Å². The second-order valence-electron chi connectivity index (χ2n) is 6.95. The number of aromatic nitrogens is 1. The summed E-state index contributed by atoms with van der Waals surface area (Å²) in [4.78, 5) is 8.37. The zero-order valence-electron chi connectivity index (χ0n) is 12.4. The Bertz CT molecular complexity index is 395. The summed E-state index contributed by atoms with van der Waals surface area (Å²) in [6.07, 6.45) is 2.63. The van der Waals surface area contributed by atoms with Crippen molar-refractivity contribution < 1.29 is 0 Å². The average molecular weight is 266 g/mol. The van der Waals surface area contributed by atoms with Crippen molar-refractivity contribution in [2.24, 2.45) is 10.8 Å². The van der Waals surface area contributed by atoms with Crippen LogP contribution in [-0.2, 0) is 6.54 Å². The summed E-state index contributed by atoms with van der Waals surface area (Å²) >= 11 is 1.80. The molecule has 3 heteroatoms. The molecule has 2 nitrogen and oxygen atoms in total. The first-order valence-electron chi connectivity index (χ1n) is 6.93. The van der Waals surface area contributed by atoms with E-state index in [1.54, 1.807) is 11.3 Å². The molecule has 102 valence electrons. The third kappa shape index (κ3) is 2.77. The molecule has 0 aliphatic carbocycles. The van der Waals surface area contributed by atoms with Gasteiger partial charge >= 0.3 is 0 Å². The smallest absolute Gasteiger partial charge is 0.0798 e. The van der Waals surface area contributed by atoms with Gasteiger partial charge in [-0.05, 0) is 43.7 Å². The van der Waals surface area contributed by atoms with Gasteiger partial charge in [-0.15, -0.1) is 11.3 Å². The largest absolute Gasteiger partial charge is 0.298 e. The summed E-state index contributed by atoms with van der Waals surface area (Å²) in [5, 5.41) is 0. The maximum Gasteiger partial charge on any atom is 0.0798 e. The highest BCUT2D eigenvalue weighted by atomic mass is 32.1. The Labute approximate surface area is 115 Å². The van der Waals surface area contributed by atoms with Gasteiger partial charge in [-0.25, -0.2) is 4.98 Å². The van der Waals surface area contributed by atoms with Crippen LogP contribution in [0.15, 0.2) is 5.51 Å². The fourth-order valence-electron chi connectivity index (χ4n) is 2.64. The SMILES string of the molecule is Cc1ncsc1CN1CCC(C)(C(C)(C)C)CC1. The first kappa shape index (κ1) is 14.0. The highest BCUT2D eigenvalue weighted by Crippen LogP contribution is 2.46.